The Morgan fingerprint density at radius 2 is 1.76 bits per heavy atom. The van der Waals surface area contributed by atoms with Gasteiger partial charge in [-0.1, -0.05) is 19.3 Å². The smallest absolute Gasteiger partial charge is 0.310 e. The molecule has 0 aromatic carbocycles. The lowest BCUT2D eigenvalue weighted by atomic mass is 9.88. The third-order valence-corrected chi connectivity index (χ3v) is 3.99. The zero-order valence-electron chi connectivity index (χ0n) is 10.5. The summed E-state index contributed by atoms with van der Waals surface area (Å²) in [6.07, 6.45) is 6.41. The molecule has 1 saturated carbocycles. The zero-order valence-corrected chi connectivity index (χ0v) is 10.5. The van der Waals surface area contributed by atoms with Gasteiger partial charge < -0.3 is 9.64 Å². The molecule has 96 valence electrons. The number of hydrogen-bond acceptors (Lipinski definition) is 3. The maximum absolute atomic E-state index is 12.2. The van der Waals surface area contributed by atoms with Gasteiger partial charge in [0, 0.05) is 19.0 Å². The van der Waals surface area contributed by atoms with E-state index in [1.54, 1.807) is 0 Å². The Hall–Kier alpha value is -1.06. The molecule has 0 N–H and O–H groups in total. The van der Waals surface area contributed by atoms with Gasteiger partial charge in [-0.25, -0.2) is 0 Å². The molecule has 2 fully saturated rings. The summed E-state index contributed by atoms with van der Waals surface area (Å²) in [5.74, 6) is 0.188. The minimum Gasteiger partial charge on any atom is -0.469 e. The van der Waals surface area contributed by atoms with Crippen molar-refractivity contribution >= 4 is 11.9 Å². The van der Waals surface area contributed by atoms with Crippen LogP contribution in [0.15, 0.2) is 0 Å². The molecule has 4 nitrogen and oxygen atoms in total. The SMILES string of the molecule is COC(=O)C1CCN(C(=O)C2CCCCC2)C1. The summed E-state index contributed by atoms with van der Waals surface area (Å²) in [6.45, 7) is 1.27. The first kappa shape index (κ1) is 12.4. The van der Waals surface area contributed by atoms with Gasteiger partial charge in [-0.2, -0.15) is 0 Å². The molecule has 2 rings (SSSR count). The minimum atomic E-state index is -0.177. The molecule has 0 aromatic heterocycles. The van der Waals surface area contributed by atoms with Crippen LogP contribution in [-0.4, -0.2) is 37.0 Å². The normalized spacial score (nSPS) is 25.9. The molecule has 1 saturated heterocycles. The summed E-state index contributed by atoms with van der Waals surface area (Å²) in [5, 5.41) is 0. The van der Waals surface area contributed by atoms with Crippen LogP contribution in [-0.2, 0) is 14.3 Å². The van der Waals surface area contributed by atoms with Crippen LogP contribution in [0, 0.1) is 11.8 Å². The summed E-state index contributed by atoms with van der Waals surface area (Å²) in [7, 11) is 1.41. The van der Waals surface area contributed by atoms with Gasteiger partial charge in [-0.05, 0) is 19.3 Å². The molecule has 1 aliphatic carbocycles. The van der Waals surface area contributed by atoms with Crippen LogP contribution in [0.5, 0.6) is 0 Å². The van der Waals surface area contributed by atoms with Gasteiger partial charge in [0.2, 0.25) is 5.91 Å². The van der Waals surface area contributed by atoms with Gasteiger partial charge in [-0.15, -0.1) is 0 Å². The number of esters is 1. The maximum Gasteiger partial charge on any atom is 0.310 e. The Morgan fingerprint density at radius 1 is 1.06 bits per heavy atom. The van der Waals surface area contributed by atoms with E-state index < -0.39 is 0 Å². The largest absolute Gasteiger partial charge is 0.469 e. The van der Waals surface area contributed by atoms with Crippen molar-refractivity contribution in [3.05, 3.63) is 0 Å². The second kappa shape index (κ2) is 5.52. The van der Waals surface area contributed by atoms with Crippen LogP contribution < -0.4 is 0 Å². The minimum absolute atomic E-state index is 0.104. The Bertz CT molecular complexity index is 297. The van der Waals surface area contributed by atoms with Gasteiger partial charge in [0.05, 0.1) is 13.0 Å². The van der Waals surface area contributed by atoms with E-state index >= 15 is 0 Å². The van der Waals surface area contributed by atoms with Gasteiger partial charge >= 0.3 is 5.97 Å². The first-order chi connectivity index (χ1) is 8.22. The van der Waals surface area contributed by atoms with Crippen LogP contribution >= 0.6 is 0 Å². The summed E-state index contributed by atoms with van der Waals surface area (Å²) in [4.78, 5) is 25.5. The number of rotatable bonds is 2. The van der Waals surface area contributed by atoms with Gasteiger partial charge in [0.15, 0.2) is 0 Å². The van der Waals surface area contributed by atoms with Crippen LogP contribution in [0.3, 0.4) is 0 Å². The monoisotopic (exact) mass is 239 g/mol. The van der Waals surface area contributed by atoms with E-state index in [1.165, 1.54) is 26.4 Å². The highest BCUT2D eigenvalue weighted by Gasteiger charge is 2.34. The molecular weight excluding hydrogens is 218 g/mol. The Labute approximate surface area is 102 Å². The third-order valence-electron chi connectivity index (χ3n) is 3.99. The highest BCUT2D eigenvalue weighted by molar-refractivity contribution is 5.81. The fraction of sp³-hybridized carbons (Fsp3) is 0.846. The van der Waals surface area contributed by atoms with Gasteiger partial charge in [0.25, 0.3) is 0 Å². The predicted octanol–water partition coefficient (Wildman–Crippen LogP) is 1.59. The van der Waals surface area contributed by atoms with Crippen molar-refractivity contribution in [3.8, 4) is 0 Å². The number of carbonyl (C=O) groups is 2. The Kier molecular flexibility index (Phi) is 4.02. The lowest BCUT2D eigenvalue weighted by Crippen LogP contribution is -2.36. The molecular formula is C13H21NO3. The van der Waals surface area contributed by atoms with Crippen molar-refractivity contribution in [2.75, 3.05) is 20.2 Å². The number of ether oxygens (including phenoxy) is 1. The van der Waals surface area contributed by atoms with Crippen LogP contribution in [0.1, 0.15) is 38.5 Å². The zero-order chi connectivity index (χ0) is 12.3. The first-order valence-electron chi connectivity index (χ1n) is 6.59. The Balaban J connectivity index is 1.87. The average Bonchev–Trinajstić information content (AvgIpc) is 2.87. The van der Waals surface area contributed by atoms with E-state index in [0.717, 1.165) is 25.8 Å². The molecule has 0 aromatic rings. The van der Waals surface area contributed by atoms with Crippen molar-refractivity contribution < 1.29 is 14.3 Å². The number of nitrogens with zero attached hydrogens (tertiary/aromatic N) is 1. The average molecular weight is 239 g/mol. The van der Waals surface area contributed by atoms with Crippen LogP contribution in [0.25, 0.3) is 0 Å². The molecule has 2 aliphatic rings. The molecule has 4 heteroatoms. The van der Waals surface area contributed by atoms with Crippen LogP contribution in [0.4, 0.5) is 0 Å². The Morgan fingerprint density at radius 3 is 2.41 bits per heavy atom. The van der Waals surface area contributed by atoms with E-state index in [9.17, 15) is 9.59 Å². The predicted molar refractivity (Wildman–Crippen MR) is 63.3 cm³/mol. The van der Waals surface area contributed by atoms with Crippen molar-refractivity contribution in [2.45, 2.75) is 38.5 Å². The molecule has 1 heterocycles. The lowest BCUT2D eigenvalue weighted by molar-refractivity contribution is -0.145. The molecule has 0 radical (unpaired) electrons. The summed E-state index contributed by atoms with van der Waals surface area (Å²) < 4.78 is 4.73. The van der Waals surface area contributed by atoms with Crippen LogP contribution in [0.2, 0.25) is 0 Å². The molecule has 1 amide bonds. The van der Waals surface area contributed by atoms with E-state index in [-0.39, 0.29) is 23.7 Å². The number of amides is 1. The summed E-state index contributed by atoms with van der Waals surface area (Å²) in [5.41, 5.74) is 0. The third kappa shape index (κ3) is 2.79. The first-order valence-corrected chi connectivity index (χ1v) is 6.59. The van der Waals surface area contributed by atoms with E-state index in [0.29, 0.717) is 6.54 Å². The number of carbonyl (C=O) groups excluding carboxylic acids is 2. The molecule has 17 heavy (non-hydrogen) atoms. The highest BCUT2D eigenvalue weighted by Crippen LogP contribution is 2.28. The second-order valence-electron chi connectivity index (χ2n) is 5.13. The van der Waals surface area contributed by atoms with E-state index in [4.69, 9.17) is 4.74 Å². The summed E-state index contributed by atoms with van der Waals surface area (Å²) >= 11 is 0. The van der Waals surface area contributed by atoms with Crippen molar-refractivity contribution in [1.29, 1.82) is 0 Å². The topological polar surface area (TPSA) is 46.6 Å². The lowest BCUT2D eigenvalue weighted by Gasteiger charge is -2.26. The van der Waals surface area contributed by atoms with Crippen molar-refractivity contribution in [2.24, 2.45) is 11.8 Å². The highest BCUT2D eigenvalue weighted by atomic mass is 16.5. The second-order valence-corrected chi connectivity index (χ2v) is 5.13. The number of methoxy groups -OCH3 is 1. The van der Waals surface area contributed by atoms with E-state index in [1.807, 2.05) is 4.90 Å². The molecule has 1 aliphatic heterocycles. The maximum atomic E-state index is 12.2. The molecule has 1 atom stereocenters. The fourth-order valence-electron chi connectivity index (χ4n) is 2.93. The van der Waals surface area contributed by atoms with Gasteiger partial charge in [0.1, 0.15) is 0 Å². The molecule has 1 unspecified atom stereocenters. The molecule has 0 bridgehead atoms. The quantitative estimate of drug-likeness (QED) is 0.687. The van der Waals surface area contributed by atoms with Crippen molar-refractivity contribution in [1.82, 2.24) is 4.90 Å². The van der Waals surface area contributed by atoms with Gasteiger partial charge in [-0.3, -0.25) is 9.59 Å². The van der Waals surface area contributed by atoms with E-state index in [2.05, 4.69) is 0 Å². The summed E-state index contributed by atoms with van der Waals surface area (Å²) in [6, 6.07) is 0. The van der Waals surface area contributed by atoms with Crippen molar-refractivity contribution in [3.63, 3.8) is 0 Å². The standard InChI is InChI=1S/C13H21NO3/c1-17-13(16)11-7-8-14(9-11)12(15)10-5-3-2-4-6-10/h10-11H,2-9H2,1H3. The molecule has 0 spiro atoms. The number of hydrogen-bond donors (Lipinski definition) is 0. The fourth-order valence-corrected chi connectivity index (χ4v) is 2.93. The number of likely N-dealkylation sites (tertiary alicyclic amines) is 1.